The van der Waals surface area contributed by atoms with Crippen LogP contribution in [-0.4, -0.2) is 5.78 Å². The van der Waals surface area contributed by atoms with Gasteiger partial charge >= 0.3 is 0 Å². The molecule has 0 spiro atoms. The van der Waals surface area contributed by atoms with E-state index in [4.69, 9.17) is 0 Å². The lowest BCUT2D eigenvalue weighted by molar-refractivity contribution is 0.0979. The Morgan fingerprint density at radius 3 is 2.69 bits per heavy atom. The van der Waals surface area contributed by atoms with E-state index >= 15 is 0 Å². The van der Waals surface area contributed by atoms with E-state index in [1.54, 1.807) is 0 Å². The fourth-order valence-corrected chi connectivity index (χ4v) is 1.85. The van der Waals surface area contributed by atoms with Crippen LogP contribution in [0.2, 0.25) is 0 Å². The highest BCUT2D eigenvalue weighted by Crippen LogP contribution is 2.14. The summed E-state index contributed by atoms with van der Waals surface area (Å²) >= 11 is 2.21. The van der Waals surface area contributed by atoms with Gasteiger partial charge in [0.1, 0.15) is 0 Å². The molecule has 1 rings (SSSR count). The number of hydrogen-bond acceptors (Lipinski definition) is 1. The molecule has 0 fully saturated rings. The summed E-state index contributed by atoms with van der Waals surface area (Å²) in [6.45, 7) is 2.10. The molecule has 0 unspecified atom stereocenters. The summed E-state index contributed by atoms with van der Waals surface area (Å²) in [5.74, 6) is 0.270. The van der Waals surface area contributed by atoms with Crippen LogP contribution in [0.3, 0.4) is 0 Å². The molecule has 0 aliphatic heterocycles. The average Bonchev–Trinajstić information content (AvgIpc) is 2.15. The average molecular weight is 288 g/mol. The smallest absolute Gasteiger partial charge is 0.163 e. The van der Waals surface area contributed by atoms with Gasteiger partial charge in [0, 0.05) is 15.6 Å². The molecule has 0 aliphatic rings. The predicted octanol–water partition coefficient (Wildman–Crippen LogP) is 3.66. The first-order valence-corrected chi connectivity index (χ1v) is 5.61. The van der Waals surface area contributed by atoms with Crippen LogP contribution in [0.15, 0.2) is 24.3 Å². The Kier molecular flexibility index (Phi) is 4.42. The largest absolute Gasteiger partial charge is 0.294 e. The van der Waals surface area contributed by atoms with Crippen LogP contribution in [-0.2, 0) is 0 Å². The van der Waals surface area contributed by atoms with Gasteiger partial charge in [-0.3, -0.25) is 4.79 Å². The number of unbranched alkanes of at least 4 members (excludes halogenated alkanes) is 1. The number of carbonyl (C=O) groups excluding carboxylic acids is 1. The van der Waals surface area contributed by atoms with Crippen molar-refractivity contribution in [3.63, 3.8) is 0 Å². The van der Waals surface area contributed by atoms with Gasteiger partial charge in [0.25, 0.3) is 0 Å². The molecule has 0 atom stereocenters. The number of Topliss-reactive ketones (excluding diaryl/α,β-unsaturated/α-hetero) is 1. The molecule has 70 valence electrons. The minimum absolute atomic E-state index is 0.270. The van der Waals surface area contributed by atoms with Crippen molar-refractivity contribution in [1.29, 1.82) is 0 Å². The molecular formula is C11H13IO. The number of rotatable bonds is 4. The molecule has 0 saturated heterocycles. The van der Waals surface area contributed by atoms with Crippen molar-refractivity contribution >= 4 is 28.4 Å². The molecule has 0 radical (unpaired) electrons. The van der Waals surface area contributed by atoms with E-state index in [0.717, 1.165) is 22.0 Å². The fourth-order valence-electron chi connectivity index (χ4n) is 1.16. The van der Waals surface area contributed by atoms with Crippen molar-refractivity contribution in [2.45, 2.75) is 26.2 Å². The van der Waals surface area contributed by atoms with Crippen LogP contribution in [0.1, 0.15) is 36.5 Å². The van der Waals surface area contributed by atoms with Crippen LogP contribution >= 0.6 is 22.6 Å². The quantitative estimate of drug-likeness (QED) is 0.610. The van der Waals surface area contributed by atoms with Crippen LogP contribution in [0.5, 0.6) is 0 Å². The zero-order chi connectivity index (χ0) is 9.68. The van der Waals surface area contributed by atoms with Crippen molar-refractivity contribution in [1.82, 2.24) is 0 Å². The van der Waals surface area contributed by atoms with E-state index in [-0.39, 0.29) is 5.78 Å². The molecule has 2 heteroatoms. The van der Waals surface area contributed by atoms with Crippen LogP contribution in [0.25, 0.3) is 0 Å². The van der Waals surface area contributed by atoms with E-state index in [9.17, 15) is 4.79 Å². The summed E-state index contributed by atoms with van der Waals surface area (Å²) in [5, 5.41) is 0. The second-order valence-corrected chi connectivity index (χ2v) is 4.17. The summed E-state index contributed by atoms with van der Waals surface area (Å²) in [6.07, 6.45) is 2.75. The van der Waals surface area contributed by atoms with E-state index in [2.05, 4.69) is 29.5 Å². The van der Waals surface area contributed by atoms with E-state index in [1.165, 1.54) is 0 Å². The maximum Gasteiger partial charge on any atom is 0.163 e. The van der Waals surface area contributed by atoms with Gasteiger partial charge in [-0.15, -0.1) is 0 Å². The summed E-state index contributed by atoms with van der Waals surface area (Å²) in [4.78, 5) is 11.6. The SMILES string of the molecule is CCCCC(=O)c1ccccc1I. The Bertz CT molecular complexity index is 294. The lowest BCUT2D eigenvalue weighted by Crippen LogP contribution is -2.00. The van der Waals surface area contributed by atoms with E-state index in [0.29, 0.717) is 6.42 Å². The number of carbonyl (C=O) groups is 1. The van der Waals surface area contributed by atoms with Crippen molar-refractivity contribution in [3.05, 3.63) is 33.4 Å². The number of hydrogen-bond donors (Lipinski definition) is 0. The maximum atomic E-state index is 11.6. The molecule has 0 heterocycles. The monoisotopic (exact) mass is 288 g/mol. The van der Waals surface area contributed by atoms with Crippen molar-refractivity contribution in [3.8, 4) is 0 Å². The van der Waals surface area contributed by atoms with Gasteiger partial charge in [-0.1, -0.05) is 31.5 Å². The van der Waals surface area contributed by atoms with Gasteiger partial charge < -0.3 is 0 Å². The minimum atomic E-state index is 0.270. The summed E-state index contributed by atoms with van der Waals surface area (Å²) in [5.41, 5.74) is 0.872. The molecule has 1 nitrogen and oxygen atoms in total. The van der Waals surface area contributed by atoms with Crippen LogP contribution in [0, 0.1) is 3.57 Å². The van der Waals surface area contributed by atoms with Crippen molar-refractivity contribution in [2.75, 3.05) is 0 Å². The molecule has 0 bridgehead atoms. The molecule has 0 amide bonds. The molecule has 0 aliphatic carbocycles. The normalized spacial score (nSPS) is 10.0. The molecule has 1 aromatic rings. The summed E-state index contributed by atoms with van der Waals surface area (Å²) in [6, 6.07) is 7.75. The lowest BCUT2D eigenvalue weighted by Gasteiger charge is -2.01. The first-order valence-electron chi connectivity index (χ1n) is 4.53. The number of ketones is 1. The Morgan fingerprint density at radius 2 is 2.08 bits per heavy atom. The second kappa shape index (κ2) is 5.37. The van der Waals surface area contributed by atoms with Gasteiger partial charge in [0.05, 0.1) is 0 Å². The highest BCUT2D eigenvalue weighted by atomic mass is 127. The standard InChI is InChI=1S/C11H13IO/c1-2-3-8-11(13)9-6-4-5-7-10(9)12/h4-7H,2-3,8H2,1H3. The van der Waals surface area contributed by atoms with E-state index < -0.39 is 0 Å². The van der Waals surface area contributed by atoms with Gasteiger partial charge in [-0.25, -0.2) is 0 Å². The Hall–Kier alpha value is -0.380. The molecule has 0 N–H and O–H groups in total. The Morgan fingerprint density at radius 1 is 1.38 bits per heavy atom. The predicted molar refractivity (Wildman–Crippen MR) is 63.0 cm³/mol. The highest BCUT2D eigenvalue weighted by molar-refractivity contribution is 14.1. The minimum Gasteiger partial charge on any atom is -0.294 e. The molecule has 0 saturated carbocycles. The zero-order valence-corrected chi connectivity index (χ0v) is 9.87. The van der Waals surface area contributed by atoms with Crippen molar-refractivity contribution < 1.29 is 4.79 Å². The lowest BCUT2D eigenvalue weighted by atomic mass is 10.1. The van der Waals surface area contributed by atoms with Crippen molar-refractivity contribution in [2.24, 2.45) is 0 Å². The summed E-state index contributed by atoms with van der Waals surface area (Å²) in [7, 11) is 0. The molecular weight excluding hydrogens is 275 g/mol. The first kappa shape index (κ1) is 10.7. The summed E-state index contributed by atoms with van der Waals surface area (Å²) < 4.78 is 1.06. The number of halogens is 1. The molecule has 1 aromatic carbocycles. The van der Waals surface area contributed by atoms with Gasteiger partial charge in [0.15, 0.2) is 5.78 Å². The third-order valence-corrected chi connectivity index (χ3v) is 2.87. The topological polar surface area (TPSA) is 17.1 Å². The molecule has 0 aromatic heterocycles. The third-order valence-electron chi connectivity index (χ3n) is 1.93. The van der Waals surface area contributed by atoms with E-state index in [1.807, 2.05) is 24.3 Å². The van der Waals surface area contributed by atoms with Gasteiger partial charge in [0.2, 0.25) is 0 Å². The fraction of sp³-hybridized carbons (Fsp3) is 0.364. The van der Waals surface area contributed by atoms with Gasteiger partial charge in [-0.05, 0) is 35.1 Å². The first-order chi connectivity index (χ1) is 6.25. The maximum absolute atomic E-state index is 11.6. The molecule has 13 heavy (non-hydrogen) atoms. The van der Waals surface area contributed by atoms with Crippen LogP contribution in [0.4, 0.5) is 0 Å². The van der Waals surface area contributed by atoms with Crippen LogP contribution < -0.4 is 0 Å². The Labute approximate surface area is 92.7 Å². The Balaban J connectivity index is 2.71. The number of benzene rings is 1. The second-order valence-electron chi connectivity index (χ2n) is 3.01. The van der Waals surface area contributed by atoms with Gasteiger partial charge in [-0.2, -0.15) is 0 Å². The zero-order valence-electron chi connectivity index (χ0n) is 7.72. The third kappa shape index (κ3) is 3.10. The highest BCUT2D eigenvalue weighted by Gasteiger charge is 2.07.